The third-order valence-electron chi connectivity index (χ3n) is 17.8. The van der Waals surface area contributed by atoms with Gasteiger partial charge in [0.2, 0.25) is 0 Å². The second-order valence-corrected chi connectivity index (χ2v) is 30.7. The summed E-state index contributed by atoms with van der Waals surface area (Å²) in [6.45, 7) is 39.2. The number of pyridine rings is 3. The highest BCUT2D eigenvalue weighted by molar-refractivity contribution is 5.61. The molecule has 0 atom stereocenters. The van der Waals surface area contributed by atoms with Crippen LogP contribution in [-0.4, -0.2) is 81.0 Å². The Kier molecular flexibility index (Phi) is 22.6. The van der Waals surface area contributed by atoms with Crippen molar-refractivity contribution in [3.8, 4) is 28.7 Å². The van der Waals surface area contributed by atoms with Gasteiger partial charge in [0.25, 0.3) is 0 Å². The van der Waals surface area contributed by atoms with E-state index in [4.69, 9.17) is 57.6 Å². The predicted octanol–water partition coefficient (Wildman–Crippen LogP) is 17.2. The third-order valence-corrected chi connectivity index (χ3v) is 17.8. The maximum Gasteiger partial charge on any atom is 0.130 e. The molecule has 95 heavy (non-hydrogen) atoms. The molecule has 12 heteroatoms. The summed E-state index contributed by atoms with van der Waals surface area (Å²) in [5, 5.41) is 0. The van der Waals surface area contributed by atoms with E-state index in [-0.39, 0.29) is 46.9 Å². The van der Waals surface area contributed by atoms with Crippen LogP contribution < -0.4 is 23.7 Å². The van der Waals surface area contributed by atoms with Crippen LogP contribution in [0, 0.1) is 0 Å². The van der Waals surface area contributed by atoms with E-state index in [9.17, 15) is 0 Å². The molecule has 0 saturated heterocycles. The van der Waals surface area contributed by atoms with Gasteiger partial charge in [-0.25, -0.2) is 0 Å². The maximum absolute atomic E-state index is 7.40. The molecule has 0 unspecified atom stereocenters. The van der Waals surface area contributed by atoms with Crippen LogP contribution in [0.25, 0.3) is 0 Å². The Labute approximate surface area is 566 Å². The van der Waals surface area contributed by atoms with Gasteiger partial charge in [-0.15, -0.1) is 0 Å². The van der Waals surface area contributed by atoms with Gasteiger partial charge >= 0.3 is 0 Å². The minimum atomic E-state index is -0.269. The van der Waals surface area contributed by atoms with Gasteiger partial charge in [-0.2, -0.15) is 0 Å². The van der Waals surface area contributed by atoms with Gasteiger partial charge in [0, 0.05) is 50.7 Å². The molecule has 0 radical (unpaired) electrons. The fourth-order valence-corrected chi connectivity index (χ4v) is 12.3. The number of nitrogens with zero attached hydrogens (tertiary/aromatic N) is 3. The van der Waals surface area contributed by atoms with Crippen LogP contribution in [0.2, 0.25) is 0 Å². The van der Waals surface area contributed by atoms with Gasteiger partial charge in [-0.05, 0) is 147 Å². The number of aromatic nitrogens is 3. The van der Waals surface area contributed by atoms with Gasteiger partial charge in [-0.1, -0.05) is 183 Å². The van der Waals surface area contributed by atoms with Gasteiger partial charge in [0.15, 0.2) is 0 Å². The molecule has 0 spiro atoms. The van der Waals surface area contributed by atoms with E-state index in [0.29, 0.717) is 98.2 Å². The highest BCUT2D eigenvalue weighted by atomic mass is 16.6. The number of hydrogen-bond acceptors (Lipinski definition) is 12. The molecular weight excluding hydrogens is 1180 g/mol. The Morgan fingerprint density at radius 2 is 0.495 bits per heavy atom. The van der Waals surface area contributed by atoms with Crippen molar-refractivity contribution in [1.82, 2.24) is 15.0 Å². The number of ether oxygens (including phenoxy) is 9. The standard InChI is InChI=1S/C83H103N3O9/c1-79(2,3)66-43-56-38-57-44-67(80(4,5)6)46-59-40-61-48-69(82(10,11)12)50-63(77(61)94-54-72-23-17-20-26-85-72)42-65-52-70(83(13,14)15)51-64(78(65)95-55-73-24-18-21-27-86-73)41-62-49-68(81(7,8)9)47-60(76(62)93-53-71-22-16-19-25-84-71)39-58(45-66)74(56)91-36-34-89-32-30-87-28-29-88-31-33-90-35-37-92-75(57)59/h16-27,43-52H,28-42,53-55H2,1-15H3. The summed E-state index contributed by atoms with van der Waals surface area (Å²) in [5.74, 6) is 4.03. The predicted molar refractivity (Wildman–Crippen MR) is 380 cm³/mol. The van der Waals surface area contributed by atoms with E-state index in [1.165, 1.54) is 27.8 Å². The second-order valence-electron chi connectivity index (χ2n) is 30.7. The normalized spacial score (nSPS) is 15.2. The lowest BCUT2D eigenvalue weighted by atomic mass is 9.79. The summed E-state index contributed by atoms with van der Waals surface area (Å²) in [6, 6.07) is 41.7. The van der Waals surface area contributed by atoms with Gasteiger partial charge < -0.3 is 42.6 Å². The molecule has 1 aliphatic heterocycles. The van der Waals surface area contributed by atoms with Crippen molar-refractivity contribution in [2.24, 2.45) is 0 Å². The van der Waals surface area contributed by atoms with E-state index < -0.39 is 0 Å². The molecule has 10 rings (SSSR count). The molecule has 5 aromatic carbocycles. The number of benzene rings is 5. The summed E-state index contributed by atoms with van der Waals surface area (Å²) < 4.78 is 61.2. The monoisotopic (exact) mass is 1290 g/mol. The zero-order valence-corrected chi connectivity index (χ0v) is 59.4. The van der Waals surface area contributed by atoms with Crippen LogP contribution in [0.1, 0.15) is 204 Å². The van der Waals surface area contributed by atoms with Crippen molar-refractivity contribution in [2.45, 2.75) is 183 Å². The zero-order valence-electron chi connectivity index (χ0n) is 59.4. The Morgan fingerprint density at radius 3 is 0.716 bits per heavy atom. The molecule has 1 aliphatic carbocycles. The maximum atomic E-state index is 7.40. The smallest absolute Gasteiger partial charge is 0.130 e. The fraction of sp³-hybridized carbons (Fsp3) is 0.458. The Morgan fingerprint density at radius 1 is 0.284 bits per heavy atom. The average Bonchev–Trinajstić information content (AvgIpc) is 0.780. The van der Waals surface area contributed by atoms with Crippen molar-refractivity contribution in [1.29, 1.82) is 0 Å². The number of fused-ring (bicyclic) bond motifs is 6. The van der Waals surface area contributed by atoms with Crippen molar-refractivity contribution in [2.75, 3.05) is 66.1 Å². The molecule has 3 aromatic heterocycles. The molecule has 4 heterocycles. The average molecular weight is 1290 g/mol. The number of hydrogen-bond donors (Lipinski definition) is 0. The molecule has 2 aliphatic rings. The summed E-state index contributed by atoms with van der Waals surface area (Å²) in [4.78, 5) is 14.4. The molecule has 504 valence electrons. The lowest BCUT2D eigenvalue weighted by Gasteiger charge is -2.29. The minimum Gasteiger partial charge on any atom is -0.491 e. The summed E-state index contributed by atoms with van der Waals surface area (Å²) in [7, 11) is 0. The van der Waals surface area contributed by atoms with Crippen LogP contribution in [0.5, 0.6) is 28.7 Å². The van der Waals surface area contributed by atoms with Gasteiger partial charge in [-0.3, -0.25) is 15.0 Å². The fourth-order valence-electron chi connectivity index (χ4n) is 12.3. The lowest BCUT2D eigenvalue weighted by molar-refractivity contribution is -0.00701. The van der Waals surface area contributed by atoms with E-state index in [1.54, 1.807) is 0 Å². The molecular formula is C83H103N3O9. The first-order chi connectivity index (χ1) is 45.2. The Bertz CT molecular complexity index is 3630. The lowest BCUT2D eigenvalue weighted by Crippen LogP contribution is -2.18. The minimum absolute atomic E-state index is 0.254. The van der Waals surface area contributed by atoms with Crippen molar-refractivity contribution < 1.29 is 42.6 Å². The first kappa shape index (κ1) is 70.2. The van der Waals surface area contributed by atoms with Crippen LogP contribution in [-0.2, 0) is 97.9 Å². The quantitative estimate of drug-likeness (QED) is 0.137. The molecule has 0 amide bonds. The van der Waals surface area contributed by atoms with Crippen LogP contribution in [0.4, 0.5) is 0 Å². The van der Waals surface area contributed by atoms with Crippen molar-refractivity contribution >= 4 is 0 Å². The highest BCUT2D eigenvalue weighted by Crippen LogP contribution is 2.46. The molecule has 0 saturated carbocycles. The molecule has 12 bridgehead atoms. The molecule has 0 N–H and O–H groups in total. The highest BCUT2D eigenvalue weighted by Gasteiger charge is 2.31. The van der Waals surface area contributed by atoms with Gasteiger partial charge in [0.05, 0.1) is 69.9 Å². The Balaban J connectivity index is 1.34. The van der Waals surface area contributed by atoms with E-state index in [0.717, 1.165) is 101 Å². The SMILES string of the molecule is CC(C)(C)c1cc2c3c(c1)Cc1cc(C(C)(C)C)cc(c1OCc1ccccn1)Cc1cc(C(C)(C)C)cc(c1OCc1ccccn1)Cc1cc(C(C)(C)C)cc(c1OCc1ccccn1)Cc1cc(C(C)(C)C)cc(c1OCCOCCOCCOCCOCCO3)C2. The van der Waals surface area contributed by atoms with Crippen LogP contribution in [0.15, 0.2) is 134 Å². The summed E-state index contributed by atoms with van der Waals surface area (Å²) in [5.41, 5.74) is 17.5. The molecule has 12 nitrogen and oxygen atoms in total. The van der Waals surface area contributed by atoms with Crippen LogP contribution in [0.3, 0.4) is 0 Å². The van der Waals surface area contributed by atoms with Crippen molar-refractivity contribution in [3.63, 3.8) is 0 Å². The molecule has 8 aromatic rings. The zero-order chi connectivity index (χ0) is 67.5. The molecule has 0 fully saturated rings. The summed E-state index contributed by atoms with van der Waals surface area (Å²) >= 11 is 0. The topological polar surface area (TPSA) is 122 Å². The first-order valence-electron chi connectivity index (χ1n) is 34.2. The van der Waals surface area contributed by atoms with Crippen molar-refractivity contribution in [3.05, 3.63) is 234 Å². The van der Waals surface area contributed by atoms with E-state index in [1.807, 2.05) is 73.2 Å². The van der Waals surface area contributed by atoms with Gasteiger partial charge in [0.1, 0.15) is 61.8 Å². The number of rotatable bonds is 9. The summed E-state index contributed by atoms with van der Waals surface area (Å²) in [6.07, 6.45) is 7.97. The Hall–Kier alpha value is -7.61. The van der Waals surface area contributed by atoms with Crippen LogP contribution >= 0.6 is 0 Å². The third kappa shape index (κ3) is 18.9. The van der Waals surface area contributed by atoms with E-state index in [2.05, 4.69) is 165 Å². The second kappa shape index (κ2) is 30.6. The van der Waals surface area contributed by atoms with E-state index >= 15 is 0 Å². The largest absolute Gasteiger partial charge is 0.491 e. The first-order valence-corrected chi connectivity index (χ1v) is 34.2.